The van der Waals surface area contributed by atoms with Gasteiger partial charge in [0.25, 0.3) is 0 Å². The topological polar surface area (TPSA) is 89.5 Å². The molecular formula is C23H28N4O3S. The van der Waals surface area contributed by atoms with E-state index in [1.165, 1.54) is 5.56 Å². The van der Waals surface area contributed by atoms with Gasteiger partial charge in [0.2, 0.25) is 0 Å². The van der Waals surface area contributed by atoms with Gasteiger partial charge in [-0.1, -0.05) is 32.9 Å². The highest BCUT2D eigenvalue weighted by Crippen LogP contribution is 2.48. The van der Waals surface area contributed by atoms with Gasteiger partial charge < -0.3 is 14.6 Å². The summed E-state index contributed by atoms with van der Waals surface area (Å²) < 4.78 is 18.4. The molecule has 2 aromatic heterocycles. The molecule has 0 fully saturated rings. The Morgan fingerprint density at radius 3 is 2.45 bits per heavy atom. The van der Waals surface area contributed by atoms with Gasteiger partial charge in [0.15, 0.2) is 5.16 Å². The van der Waals surface area contributed by atoms with Crippen LogP contribution in [-0.2, 0) is 32.2 Å². The van der Waals surface area contributed by atoms with E-state index in [-0.39, 0.29) is 16.6 Å². The Labute approximate surface area is 184 Å². The highest BCUT2D eigenvalue weighted by atomic mass is 32.2. The Morgan fingerprint density at radius 2 is 1.81 bits per heavy atom. The maximum absolute atomic E-state index is 13.1. The third-order valence-corrected chi connectivity index (χ3v) is 7.44. The van der Waals surface area contributed by atoms with Gasteiger partial charge in [-0.05, 0) is 36.2 Å². The third kappa shape index (κ3) is 3.33. The molecule has 0 saturated carbocycles. The van der Waals surface area contributed by atoms with Gasteiger partial charge >= 0.3 is 0 Å². The molecular weight excluding hydrogens is 412 g/mol. The van der Waals surface area contributed by atoms with Crippen LogP contribution >= 0.6 is 0 Å². The molecule has 0 aliphatic heterocycles. The lowest BCUT2D eigenvalue weighted by atomic mass is 9.79. The number of rotatable bonds is 5. The van der Waals surface area contributed by atoms with E-state index in [0.717, 1.165) is 39.3 Å². The van der Waals surface area contributed by atoms with Crippen molar-refractivity contribution < 1.29 is 13.8 Å². The predicted octanol–water partition coefficient (Wildman–Crippen LogP) is 4.15. The second-order valence-electron chi connectivity index (χ2n) is 8.90. The van der Waals surface area contributed by atoms with E-state index in [2.05, 4.69) is 59.9 Å². The smallest absolute Gasteiger partial charge is 0.197 e. The van der Waals surface area contributed by atoms with E-state index in [1.807, 2.05) is 6.92 Å². The van der Waals surface area contributed by atoms with Gasteiger partial charge in [-0.3, -0.25) is 9.19 Å². The van der Waals surface area contributed by atoms with Gasteiger partial charge in [-0.25, -0.2) is 4.98 Å². The number of fused-ring (bicyclic) bond motifs is 2. The summed E-state index contributed by atoms with van der Waals surface area (Å²) in [5.74, 6) is 1.01. The van der Waals surface area contributed by atoms with E-state index in [0.29, 0.717) is 5.16 Å². The minimum absolute atomic E-state index is 0.268. The van der Waals surface area contributed by atoms with Crippen LogP contribution in [0.5, 0.6) is 5.75 Å². The molecule has 3 aromatic rings. The number of benzene rings is 1. The molecule has 0 saturated heterocycles. The van der Waals surface area contributed by atoms with Crippen LogP contribution in [0, 0.1) is 6.92 Å². The summed E-state index contributed by atoms with van der Waals surface area (Å²) in [5.41, 5.74) is 6.03. The Hall–Kier alpha value is -2.74. The zero-order chi connectivity index (χ0) is 22.6. The van der Waals surface area contributed by atoms with Gasteiger partial charge in [-0.2, -0.15) is 0 Å². The summed E-state index contributed by atoms with van der Waals surface area (Å²) in [6.07, 6.45) is 1.67. The summed E-state index contributed by atoms with van der Waals surface area (Å²) in [5, 5.41) is 4.80. The molecule has 8 heteroatoms. The number of oxime groups is 1. The lowest BCUT2D eigenvalue weighted by molar-refractivity contribution is 0.208. The second-order valence-corrected chi connectivity index (χ2v) is 10.3. The quantitative estimate of drug-likeness (QED) is 0.602. The first-order chi connectivity index (χ1) is 14.6. The molecule has 1 unspecified atom stereocenters. The minimum atomic E-state index is -1.36. The number of imidazole rings is 1. The van der Waals surface area contributed by atoms with Crippen LogP contribution in [0.1, 0.15) is 50.1 Å². The first-order valence-electron chi connectivity index (χ1n) is 10.1. The van der Waals surface area contributed by atoms with Gasteiger partial charge in [0.05, 0.1) is 46.1 Å². The third-order valence-electron chi connectivity index (χ3n) is 6.27. The lowest BCUT2D eigenvalue weighted by Crippen LogP contribution is -2.34. The number of hydrogen-bond donors (Lipinski definition) is 1. The maximum Gasteiger partial charge on any atom is 0.197 e. The number of pyridine rings is 1. The van der Waals surface area contributed by atoms with E-state index < -0.39 is 10.8 Å². The highest BCUT2D eigenvalue weighted by molar-refractivity contribution is 7.84. The normalized spacial score (nSPS) is 18.9. The van der Waals surface area contributed by atoms with Gasteiger partial charge in [0, 0.05) is 22.6 Å². The van der Waals surface area contributed by atoms with Crippen molar-refractivity contribution in [1.82, 2.24) is 15.0 Å². The summed E-state index contributed by atoms with van der Waals surface area (Å²) in [4.78, 5) is 17.5. The lowest BCUT2D eigenvalue weighted by Gasteiger charge is -2.25. The monoisotopic (exact) mass is 440 g/mol. The summed E-state index contributed by atoms with van der Waals surface area (Å²) >= 11 is 0. The largest absolute Gasteiger partial charge is 0.496 e. The molecule has 1 aliphatic carbocycles. The van der Waals surface area contributed by atoms with Crippen molar-refractivity contribution in [3.05, 3.63) is 46.8 Å². The average molecular weight is 441 g/mol. The summed E-state index contributed by atoms with van der Waals surface area (Å²) in [6.45, 7) is 10.5. The summed E-state index contributed by atoms with van der Waals surface area (Å²) in [7, 11) is 1.83. The number of H-pyrrole nitrogens is 1. The van der Waals surface area contributed by atoms with E-state index >= 15 is 0 Å². The van der Waals surface area contributed by atoms with Gasteiger partial charge in [0.1, 0.15) is 12.9 Å². The van der Waals surface area contributed by atoms with Crippen molar-refractivity contribution in [3.63, 3.8) is 0 Å². The van der Waals surface area contributed by atoms with E-state index in [9.17, 15) is 4.21 Å². The van der Waals surface area contributed by atoms with Crippen molar-refractivity contribution in [2.24, 2.45) is 5.16 Å². The molecule has 1 N–H and O–H groups in total. The van der Waals surface area contributed by atoms with Crippen LogP contribution in [0.3, 0.4) is 0 Å². The number of aromatic nitrogens is 3. The van der Waals surface area contributed by atoms with E-state index in [4.69, 9.17) is 9.57 Å². The first kappa shape index (κ1) is 21.5. The van der Waals surface area contributed by atoms with Crippen LogP contribution < -0.4 is 4.74 Å². The van der Waals surface area contributed by atoms with Crippen LogP contribution in [0.25, 0.3) is 11.0 Å². The standard InChI is InChI=1S/C23H28N4O3S/c1-13-18(24-9-8-19(13)29-6)12-31(28)21-25-16-10-14-15(11-17(16)26-21)23(4,5)20(27-30-7)22(14,2)3/h8-11H,12H2,1-7H3,(H,25,26). The molecule has 0 spiro atoms. The van der Waals surface area contributed by atoms with Crippen molar-refractivity contribution in [1.29, 1.82) is 0 Å². The highest BCUT2D eigenvalue weighted by Gasteiger charge is 2.49. The molecule has 164 valence electrons. The number of nitrogens with one attached hydrogen (secondary N) is 1. The molecule has 4 rings (SSSR count). The molecule has 31 heavy (non-hydrogen) atoms. The average Bonchev–Trinajstić information content (AvgIpc) is 3.20. The van der Waals surface area contributed by atoms with Crippen LogP contribution in [0.2, 0.25) is 0 Å². The molecule has 7 nitrogen and oxygen atoms in total. The second kappa shape index (κ2) is 7.44. The Bertz CT molecular complexity index is 1170. The number of nitrogens with zero attached hydrogens (tertiary/aromatic N) is 3. The summed E-state index contributed by atoms with van der Waals surface area (Å²) in [6, 6.07) is 5.99. The van der Waals surface area contributed by atoms with E-state index in [1.54, 1.807) is 26.5 Å². The SMILES string of the molecule is CO/N=C1/C(C)(C)c2cc3nc(S(=O)Cc4nccc(OC)c4C)[nH]c3cc2C1(C)C. The number of aromatic amines is 1. The molecule has 1 aliphatic rings. The predicted molar refractivity (Wildman–Crippen MR) is 122 cm³/mol. The fraction of sp³-hybridized carbons (Fsp3) is 0.435. The fourth-order valence-electron chi connectivity index (χ4n) is 4.65. The Morgan fingerprint density at radius 1 is 1.13 bits per heavy atom. The number of ether oxygens (including phenoxy) is 1. The van der Waals surface area contributed by atoms with Gasteiger partial charge in [-0.15, -0.1) is 0 Å². The molecule has 0 bridgehead atoms. The number of methoxy groups -OCH3 is 1. The zero-order valence-electron chi connectivity index (χ0n) is 19.0. The van der Waals surface area contributed by atoms with Crippen LogP contribution in [-0.4, -0.2) is 39.1 Å². The van der Waals surface area contributed by atoms with Crippen molar-refractivity contribution in [2.75, 3.05) is 14.2 Å². The fourth-order valence-corrected chi connectivity index (χ4v) is 5.75. The maximum atomic E-state index is 13.1. The first-order valence-corrected chi connectivity index (χ1v) is 11.5. The van der Waals surface area contributed by atoms with Crippen molar-refractivity contribution in [2.45, 2.75) is 56.4 Å². The van der Waals surface area contributed by atoms with Crippen LogP contribution in [0.4, 0.5) is 0 Å². The molecule has 0 amide bonds. The Kier molecular flexibility index (Phi) is 5.16. The van der Waals surface area contributed by atoms with Crippen molar-refractivity contribution >= 4 is 27.5 Å². The Balaban J connectivity index is 1.73. The molecule has 1 aromatic carbocycles. The van der Waals surface area contributed by atoms with Crippen molar-refractivity contribution in [3.8, 4) is 5.75 Å². The number of hydrogen-bond acceptors (Lipinski definition) is 6. The molecule has 1 atom stereocenters. The molecule has 0 radical (unpaired) electrons. The minimum Gasteiger partial charge on any atom is -0.496 e. The zero-order valence-corrected chi connectivity index (χ0v) is 19.8. The molecule has 2 heterocycles. The van der Waals surface area contributed by atoms with Crippen LogP contribution in [0.15, 0.2) is 34.7 Å².